The lowest BCUT2D eigenvalue weighted by atomic mass is 10.2. The minimum atomic E-state index is 0.277. The maximum absolute atomic E-state index is 6.19. The number of hydrogen-bond donors (Lipinski definition) is 1. The second-order valence-corrected chi connectivity index (χ2v) is 6.04. The van der Waals surface area contributed by atoms with Crippen LogP contribution in [0.1, 0.15) is 38.9 Å². The Balaban J connectivity index is 2.72. The van der Waals surface area contributed by atoms with Gasteiger partial charge in [0.25, 0.3) is 0 Å². The summed E-state index contributed by atoms with van der Waals surface area (Å²) in [5, 5.41) is 9.12. The third-order valence-electron chi connectivity index (χ3n) is 2.84. The molecule has 0 aliphatic rings. The van der Waals surface area contributed by atoms with Gasteiger partial charge in [-0.15, -0.1) is 0 Å². The fourth-order valence-corrected chi connectivity index (χ4v) is 3.00. The molecule has 0 fully saturated rings. The van der Waals surface area contributed by atoms with Crippen molar-refractivity contribution in [2.24, 2.45) is 7.05 Å². The van der Waals surface area contributed by atoms with Crippen molar-refractivity contribution < 1.29 is 0 Å². The molecule has 2 unspecified atom stereocenters. The van der Waals surface area contributed by atoms with E-state index < -0.39 is 0 Å². The Bertz CT molecular complexity index is 321. The predicted molar refractivity (Wildman–Crippen MR) is 76.8 cm³/mol. The van der Waals surface area contributed by atoms with Crippen molar-refractivity contribution in [2.75, 3.05) is 12.3 Å². The lowest BCUT2D eigenvalue weighted by Gasteiger charge is -2.20. The lowest BCUT2D eigenvalue weighted by molar-refractivity contribution is 0.552. The monoisotopic (exact) mass is 275 g/mol. The van der Waals surface area contributed by atoms with Gasteiger partial charge in [-0.25, -0.2) is 0 Å². The highest BCUT2D eigenvalue weighted by atomic mass is 35.5. The van der Waals surface area contributed by atoms with E-state index in [2.05, 4.69) is 31.2 Å². The average molecular weight is 276 g/mol. The highest BCUT2D eigenvalue weighted by Gasteiger charge is 2.18. The number of rotatable bonds is 7. The van der Waals surface area contributed by atoms with Crippen molar-refractivity contribution in [3.63, 3.8) is 0 Å². The highest BCUT2D eigenvalue weighted by Crippen LogP contribution is 2.27. The molecule has 0 radical (unpaired) electrons. The van der Waals surface area contributed by atoms with Gasteiger partial charge in [-0.05, 0) is 13.0 Å². The standard InChI is InChI=1S/C12H22ClN3S/c1-5-9(3)17-8-11(14-6-2)12-10(13)7-15-16(12)4/h7,9,11,14H,5-6,8H2,1-4H3. The van der Waals surface area contributed by atoms with Crippen molar-refractivity contribution in [3.05, 3.63) is 16.9 Å². The lowest BCUT2D eigenvalue weighted by Crippen LogP contribution is -2.26. The van der Waals surface area contributed by atoms with E-state index in [0.717, 1.165) is 23.0 Å². The van der Waals surface area contributed by atoms with E-state index in [4.69, 9.17) is 11.6 Å². The molecule has 1 aromatic heterocycles. The third kappa shape index (κ3) is 4.19. The zero-order valence-electron chi connectivity index (χ0n) is 11.0. The molecule has 0 saturated carbocycles. The Morgan fingerprint density at radius 3 is 2.71 bits per heavy atom. The van der Waals surface area contributed by atoms with E-state index in [1.807, 2.05) is 23.5 Å². The van der Waals surface area contributed by atoms with Gasteiger partial charge in [0.15, 0.2) is 0 Å². The van der Waals surface area contributed by atoms with E-state index in [1.54, 1.807) is 6.20 Å². The van der Waals surface area contributed by atoms with Gasteiger partial charge in [-0.2, -0.15) is 16.9 Å². The molecule has 98 valence electrons. The second kappa shape index (κ2) is 7.29. The van der Waals surface area contributed by atoms with Gasteiger partial charge in [0.2, 0.25) is 0 Å². The van der Waals surface area contributed by atoms with Gasteiger partial charge in [0.05, 0.1) is 23.0 Å². The Kier molecular flexibility index (Phi) is 6.38. The summed E-state index contributed by atoms with van der Waals surface area (Å²) in [4.78, 5) is 0. The SMILES string of the molecule is CCNC(CSC(C)CC)c1c(Cl)cnn1C. The molecule has 0 aliphatic carbocycles. The van der Waals surface area contributed by atoms with Crippen molar-refractivity contribution in [3.8, 4) is 0 Å². The molecular formula is C12H22ClN3S. The number of thioether (sulfide) groups is 1. The molecule has 0 bridgehead atoms. The summed E-state index contributed by atoms with van der Waals surface area (Å²) >= 11 is 8.17. The third-order valence-corrected chi connectivity index (χ3v) is 4.56. The minimum Gasteiger partial charge on any atom is -0.308 e. The Hall–Kier alpha value is -0.190. The first-order valence-corrected chi connectivity index (χ1v) is 7.55. The topological polar surface area (TPSA) is 29.9 Å². The first kappa shape index (κ1) is 14.9. The van der Waals surface area contributed by atoms with Crippen LogP contribution in [0.5, 0.6) is 0 Å². The summed E-state index contributed by atoms with van der Waals surface area (Å²) in [7, 11) is 1.94. The molecule has 0 aliphatic heterocycles. The Labute approximate surface area is 113 Å². The van der Waals surface area contributed by atoms with Crippen LogP contribution in [-0.2, 0) is 7.05 Å². The molecule has 0 saturated heterocycles. The molecule has 17 heavy (non-hydrogen) atoms. The van der Waals surface area contributed by atoms with Crippen LogP contribution in [-0.4, -0.2) is 27.3 Å². The normalized spacial score (nSPS) is 14.9. The largest absolute Gasteiger partial charge is 0.308 e. The van der Waals surface area contributed by atoms with Gasteiger partial charge in [0, 0.05) is 18.1 Å². The molecule has 0 aromatic carbocycles. The minimum absolute atomic E-state index is 0.277. The molecule has 2 atom stereocenters. The van der Waals surface area contributed by atoms with Crippen molar-refractivity contribution in [1.82, 2.24) is 15.1 Å². The maximum Gasteiger partial charge on any atom is 0.0834 e. The van der Waals surface area contributed by atoms with E-state index in [1.165, 1.54) is 6.42 Å². The number of halogens is 1. The molecule has 3 nitrogen and oxygen atoms in total. The van der Waals surface area contributed by atoms with E-state index in [9.17, 15) is 0 Å². The zero-order valence-corrected chi connectivity index (χ0v) is 12.6. The van der Waals surface area contributed by atoms with Crippen LogP contribution in [0, 0.1) is 0 Å². The average Bonchev–Trinajstić information content (AvgIpc) is 2.64. The van der Waals surface area contributed by atoms with Crippen LogP contribution in [0.4, 0.5) is 0 Å². The van der Waals surface area contributed by atoms with Gasteiger partial charge in [-0.1, -0.05) is 32.4 Å². The summed E-state index contributed by atoms with van der Waals surface area (Å²) in [5.74, 6) is 1.03. The molecule has 1 aromatic rings. The molecule has 0 amide bonds. The van der Waals surface area contributed by atoms with Crippen LogP contribution in [0.3, 0.4) is 0 Å². The fraction of sp³-hybridized carbons (Fsp3) is 0.750. The van der Waals surface area contributed by atoms with Crippen molar-refractivity contribution in [1.29, 1.82) is 0 Å². The molecule has 0 spiro atoms. The molecule has 1 N–H and O–H groups in total. The number of aromatic nitrogens is 2. The summed E-state index contributed by atoms with van der Waals surface area (Å²) in [6.07, 6.45) is 2.91. The Morgan fingerprint density at radius 1 is 1.53 bits per heavy atom. The van der Waals surface area contributed by atoms with E-state index in [0.29, 0.717) is 5.25 Å². The molecular weight excluding hydrogens is 254 g/mol. The summed E-state index contributed by atoms with van der Waals surface area (Å²) in [6.45, 7) is 7.54. The van der Waals surface area contributed by atoms with E-state index >= 15 is 0 Å². The molecule has 1 heterocycles. The van der Waals surface area contributed by atoms with Crippen molar-refractivity contribution >= 4 is 23.4 Å². The molecule has 5 heteroatoms. The van der Waals surface area contributed by atoms with Gasteiger partial charge in [0.1, 0.15) is 0 Å². The fourth-order valence-electron chi connectivity index (χ4n) is 1.67. The Morgan fingerprint density at radius 2 is 2.24 bits per heavy atom. The predicted octanol–water partition coefficient (Wildman–Crippen LogP) is 3.26. The van der Waals surface area contributed by atoms with Gasteiger partial charge in [-0.3, -0.25) is 4.68 Å². The number of aryl methyl sites for hydroxylation is 1. The first-order valence-electron chi connectivity index (χ1n) is 6.12. The second-order valence-electron chi connectivity index (χ2n) is 4.16. The van der Waals surface area contributed by atoms with E-state index in [-0.39, 0.29) is 6.04 Å². The zero-order chi connectivity index (χ0) is 12.8. The maximum atomic E-state index is 6.19. The van der Waals surface area contributed by atoms with Crippen LogP contribution in [0.15, 0.2) is 6.20 Å². The first-order chi connectivity index (χ1) is 8.10. The quantitative estimate of drug-likeness (QED) is 0.828. The summed E-state index contributed by atoms with van der Waals surface area (Å²) in [5.41, 5.74) is 1.09. The number of hydrogen-bond acceptors (Lipinski definition) is 3. The number of nitrogens with one attached hydrogen (secondary N) is 1. The summed E-state index contributed by atoms with van der Waals surface area (Å²) in [6, 6.07) is 0.277. The summed E-state index contributed by atoms with van der Waals surface area (Å²) < 4.78 is 1.87. The van der Waals surface area contributed by atoms with Crippen LogP contribution in [0.25, 0.3) is 0 Å². The van der Waals surface area contributed by atoms with Crippen LogP contribution >= 0.6 is 23.4 Å². The van der Waals surface area contributed by atoms with Crippen LogP contribution in [0.2, 0.25) is 5.02 Å². The van der Waals surface area contributed by atoms with Gasteiger partial charge >= 0.3 is 0 Å². The van der Waals surface area contributed by atoms with Crippen molar-refractivity contribution in [2.45, 2.75) is 38.5 Å². The number of nitrogens with zero attached hydrogens (tertiary/aromatic N) is 2. The van der Waals surface area contributed by atoms with Crippen LogP contribution < -0.4 is 5.32 Å². The molecule has 1 rings (SSSR count). The highest BCUT2D eigenvalue weighted by molar-refractivity contribution is 7.99. The smallest absolute Gasteiger partial charge is 0.0834 e. The van der Waals surface area contributed by atoms with Gasteiger partial charge < -0.3 is 5.32 Å².